The minimum Gasteiger partial charge on any atom is -1.00 e. The Labute approximate surface area is 175 Å². The smallest absolute Gasteiger partial charge is 0.166 e. The molecule has 1 spiro atoms. The van der Waals surface area contributed by atoms with Crippen molar-refractivity contribution in [1.29, 1.82) is 0 Å². The molecule has 0 fully saturated rings. The molecule has 1 aromatic carbocycles. The van der Waals surface area contributed by atoms with Gasteiger partial charge in [0.1, 0.15) is 12.6 Å². The number of hydrogen-bond acceptors (Lipinski definition) is 3. The van der Waals surface area contributed by atoms with E-state index in [1.807, 2.05) is 6.08 Å². The first kappa shape index (κ1) is 22.8. The van der Waals surface area contributed by atoms with Gasteiger partial charge in [0.15, 0.2) is 11.5 Å². The number of likely N-dealkylation sites (N-methyl/N-ethyl adjacent to an activating group) is 1. The lowest BCUT2D eigenvalue weighted by Crippen LogP contribution is -3.00. The molecule has 1 aromatic rings. The van der Waals surface area contributed by atoms with E-state index >= 15 is 0 Å². The van der Waals surface area contributed by atoms with Crippen molar-refractivity contribution in [2.75, 3.05) is 27.2 Å². The largest absolute Gasteiger partial charge is 1.00 e. The first-order valence-corrected chi connectivity index (χ1v) is 9.51. The fraction of sp³-hybridized carbons (Fsp3) is 0.565. The summed E-state index contributed by atoms with van der Waals surface area (Å²) in [5.41, 5.74) is 5.00. The van der Waals surface area contributed by atoms with Gasteiger partial charge in [-0.15, -0.1) is 0 Å². The van der Waals surface area contributed by atoms with Gasteiger partial charge < -0.3 is 31.5 Å². The van der Waals surface area contributed by atoms with Crippen LogP contribution in [0.25, 0.3) is 0 Å². The molecule has 3 aliphatic rings. The van der Waals surface area contributed by atoms with Crippen LogP contribution in [-0.4, -0.2) is 49.0 Å². The molecule has 0 amide bonds. The minimum absolute atomic E-state index is 0. The highest BCUT2D eigenvalue weighted by molar-refractivity contribution is 5.63. The van der Waals surface area contributed by atoms with Crippen molar-refractivity contribution in [3.8, 4) is 11.5 Å². The SMILES string of the molecule is C.C=C(C)C[N+]1(C)CCC23C=C[C@H](O)CC2Oc2c(OC)cc(C)c(c23)C1.[Cl-]. The number of methoxy groups -OCH3 is 1. The third-order valence-corrected chi connectivity index (χ3v) is 6.42. The van der Waals surface area contributed by atoms with Crippen LogP contribution in [0.15, 0.2) is 30.4 Å². The maximum atomic E-state index is 10.2. The summed E-state index contributed by atoms with van der Waals surface area (Å²) in [6.45, 7) is 11.5. The number of ether oxygens (including phenoxy) is 2. The molecule has 5 heteroatoms. The molecule has 2 aliphatic heterocycles. The summed E-state index contributed by atoms with van der Waals surface area (Å²) in [5.74, 6) is 1.70. The first-order valence-electron chi connectivity index (χ1n) is 9.51. The minimum atomic E-state index is -0.435. The van der Waals surface area contributed by atoms with Crippen LogP contribution in [0.2, 0.25) is 0 Å². The summed E-state index contributed by atoms with van der Waals surface area (Å²) in [5, 5.41) is 10.2. The molecule has 4 rings (SSSR count). The quantitative estimate of drug-likeness (QED) is 0.597. The maximum Gasteiger partial charge on any atom is 0.166 e. The molecule has 4 atom stereocenters. The van der Waals surface area contributed by atoms with Gasteiger partial charge in [0, 0.05) is 24.0 Å². The fourth-order valence-corrected chi connectivity index (χ4v) is 5.28. The summed E-state index contributed by atoms with van der Waals surface area (Å²) in [4.78, 5) is 0. The summed E-state index contributed by atoms with van der Waals surface area (Å²) >= 11 is 0. The van der Waals surface area contributed by atoms with E-state index in [4.69, 9.17) is 9.47 Å². The molecule has 0 saturated carbocycles. The molecule has 3 unspecified atom stereocenters. The van der Waals surface area contributed by atoms with Gasteiger partial charge in [-0.25, -0.2) is 0 Å². The van der Waals surface area contributed by atoms with E-state index in [1.54, 1.807) is 7.11 Å². The summed E-state index contributed by atoms with van der Waals surface area (Å²) in [6, 6.07) is 2.11. The fourth-order valence-electron chi connectivity index (χ4n) is 5.28. The van der Waals surface area contributed by atoms with Crippen LogP contribution < -0.4 is 21.9 Å². The Morgan fingerprint density at radius 3 is 2.82 bits per heavy atom. The van der Waals surface area contributed by atoms with Gasteiger partial charge in [0.05, 0.1) is 38.8 Å². The van der Waals surface area contributed by atoms with Gasteiger partial charge in [-0.3, -0.25) is 0 Å². The van der Waals surface area contributed by atoms with Crippen molar-refractivity contribution in [2.24, 2.45) is 0 Å². The Bertz CT molecular complexity index is 806. The number of rotatable bonds is 3. The Morgan fingerprint density at radius 2 is 2.18 bits per heavy atom. The third-order valence-electron chi connectivity index (χ3n) is 6.42. The van der Waals surface area contributed by atoms with Crippen LogP contribution in [0.5, 0.6) is 11.5 Å². The van der Waals surface area contributed by atoms with Crippen LogP contribution in [0.4, 0.5) is 0 Å². The highest BCUT2D eigenvalue weighted by atomic mass is 35.5. The second-order valence-corrected chi connectivity index (χ2v) is 8.75. The summed E-state index contributed by atoms with van der Waals surface area (Å²) in [6.07, 6.45) is 5.37. The van der Waals surface area contributed by atoms with E-state index in [2.05, 4.69) is 39.6 Å². The van der Waals surface area contributed by atoms with Crippen LogP contribution in [0.1, 0.15) is 43.9 Å². The van der Waals surface area contributed by atoms with E-state index in [0.29, 0.717) is 6.42 Å². The van der Waals surface area contributed by atoms with Crippen molar-refractivity contribution in [1.82, 2.24) is 0 Å². The molecular formula is C23H34ClNO3. The van der Waals surface area contributed by atoms with E-state index in [1.165, 1.54) is 22.3 Å². The number of aliphatic hydroxyl groups excluding tert-OH is 1. The molecule has 0 radical (unpaired) electrons. The molecule has 4 nitrogen and oxygen atoms in total. The Balaban J connectivity index is 0.00000140. The monoisotopic (exact) mass is 407 g/mol. The van der Waals surface area contributed by atoms with Gasteiger partial charge in [-0.1, -0.05) is 26.2 Å². The van der Waals surface area contributed by atoms with Crippen molar-refractivity contribution >= 4 is 0 Å². The second kappa shape index (κ2) is 7.74. The van der Waals surface area contributed by atoms with Crippen molar-refractivity contribution < 1.29 is 31.5 Å². The zero-order valence-corrected chi connectivity index (χ0v) is 17.5. The predicted molar refractivity (Wildman–Crippen MR) is 109 cm³/mol. The number of halogens is 1. The van der Waals surface area contributed by atoms with E-state index in [9.17, 15) is 5.11 Å². The standard InChI is InChI=1S/C22H30NO3.CH4.ClH/c1-14(2)12-23(4)9-8-22-7-6-16(24)11-19(22)26-21-18(25-5)10-15(3)17(13-23)20(21)22;;/h6-7,10,16,19,24H,1,8-9,11-13H2,2-5H3;1H4;1H/q+1;;/p-1/t16-,19?,22?,23?;;/m0../s1. The number of aliphatic hydroxyl groups is 1. The molecule has 28 heavy (non-hydrogen) atoms. The van der Waals surface area contributed by atoms with Gasteiger partial charge in [-0.2, -0.15) is 0 Å². The lowest BCUT2D eigenvalue weighted by Gasteiger charge is -2.37. The number of benzene rings is 1. The highest BCUT2D eigenvalue weighted by Crippen LogP contribution is 2.57. The third kappa shape index (κ3) is 3.36. The second-order valence-electron chi connectivity index (χ2n) is 8.75. The average molecular weight is 408 g/mol. The highest BCUT2D eigenvalue weighted by Gasteiger charge is 2.55. The predicted octanol–water partition coefficient (Wildman–Crippen LogP) is 0.890. The van der Waals surface area contributed by atoms with Crippen molar-refractivity contribution in [3.05, 3.63) is 47.1 Å². The van der Waals surface area contributed by atoms with Gasteiger partial charge in [0.25, 0.3) is 0 Å². The van der Waals surface area contributed by atoms with Crippen LogP contribution in [0, 0.1) is 6.92 Å². The Kier molecular flexibility index (Phi) is 6.30. The van der Waals surface area contributed by atoms with Crippen molar-refractivity contribution in [2.45, 2.75) is 58.3 Å². The molecule has 0 saturated heterocycles. The molecule has 156 valence electrons. The van der Waals surface area contributed by atoms with Crippen LogP contribution >= 0.6 is 0 Å². The molecule has 0 bridgehead atoms. The van der Waals surface area contributed by atoms with Crippen molar-refractivity contribution in [3.63, 3.8) is 0 Å². The maximum absolute atomic E-state index is 10.2. The molecule has 2 heterocycles. The van der Waals surface area contributed by atoms with E-state index < -0.39 is 6.10 Å². The Hall–Kier alpha value is -1.49. The van der Waals surface area contributed by atoms with E-state index in [0.717, 1.165) is 42.0 Å². The number of aryl methyl sites for hydroxylation is 1. The number of quaternary nitrogens is 1. The number of hydrogen-bond donors (Lipinski definition) is 1. The summed E-state index contributed by atoms with van der Waals surface area (Å²) < 4.78 is 13.0. The average Bonchev–Trinajstić information content (AvgIpc) is 2.82. The molecule has 1 N–H and O–H groups in total. The molecule has 1 aliphatic carbocycles. The van der Waals surface area contributed by atoms with Gasteiger partial charge >= 0.3 is 0 Å². The molecule has 0 aromatic heterocycles. The lowest BCUT2D eigenvalue weighted by molar-refractivity contribution is -0.918. The lowest BCUT2D eigenvalue weighted by atomic mass is 9.68. The van der Waals surface area contributed by atoms with Gasteiger partial charge in [0.2, 0.25) is 0 Å². The summed E-state index contributed by atoms with van der Waals surface area (Å²) in [7, 11) is 4.04. The van der Waals surface area contributed by atoms with Crippen LogP contribution in [-0.2, 0) is 12.0 Å². The van der Waals surface area contributed by atoms with Crippen LogP contribution in [0.3, 0.4) is 0 Å². The number of nitrogens with zero attached hydrogens (tertiary/aromatic N) is 1. The zero-order chi connectivity index (χ0) is 18.7. The normalized spacial score (nSPS) is 32.0. The zero-order valence-electron chi connectivity index (χ0n) is 16.7. The van der Waals surface area contributed by atoms with Gasteiger partial charge in [-0.05, 0) is 31.1 Å². The molecular weight excluding hydrogens is 374 g/mol. The van der Waals surface area contributed by atoms with E-state index in [-0.39, 0.29) is 31.4 Å². The topological polar surface area (TPSA) is 38.7 Å². The first-order chi connectivity index (χ1) is 12.3. The Morgan fingerprint density at radius 1 is 1.46 bits per heavy atom.